The number of carbonyl (C=O) groups excluding carboxylic acids is 1. The van der Waals surface area contributed by atoms with Crippen LogP contribution in [0.2, 0.25) is 0 Å². The van der Waals surface area contributed by atoms with Crippen LogP contribution in [-0.4, -0.2) is 29.6 Å². The van der Waals surface area contributed by atoms with Crippen LogP contribution in [0.3, 0.4) is 0 Å². The zero-order valence-corrected chi connectivity index (χ0v) is 10.1. The van der Waals surface area contributed by atoms with E-state index in [1.807, 2.05) is 4.90 Å². The number of likely N-dealkylation sites (tertiary alicyclic amines) is 1. The van der Waals surface area contributed by atoms with E-state index in [0.29, 0.717) is 4.90 Å². The van der Waals surface area contributed by atoms with Crippen molar-refractivity contribution in [2.75, 3.05) is 18.8 Å². The zero-order valence-electron chi connectivity index (χ0n) is 9.29. The number of rotatable bonds is 3. The number of halogens is 2. The summed E-state index contributed by atoms with van der Waals surface area (Å²) in [4.78, 5) is 14.1. The first-order valence-electron chi connectivity index (χ1n) is 5.52. The molecule has 0 unspecified atom stereocenters. The largest absolute Gasteiger partial charge is 0.342 e. The number of hydrogen-bond donors (Lipinski definition) is 0. The van der Waals surface area contributed by atoms with Gasteiger partial charge in [0.1, 0.15) is 0 Å². The van der Waals surface area contributed by atoms with Gasteiger partial charge in [0.05, 0.1) is 5.75 Å². The van der Waals surface area contributed by atoms with Crippen molar-refractivity contribution in [1.82, 2.24) is 4.90 Å². The van der Waals surface area contributed by atoms with E-state index < -0.39 is 11.6 Å². The Morgan fingerprint density at radius 2 is 1.94 bits per heavy atom. The molecule has 1 aliphatic rings. The second-order valence-electron chi connectivity index (χ2n) is 3.95. The molecule has 1 aliphatic heterocycles. The van der Waals surface area contributed by atoms with Crippen LogP contribution in [-0.2, 0) is 4.79 Å². The van der Waals surface area contributed by atoms with Crippen LogP contribution in [0.1, 0.15) is 12.8 Å². The molecule has 17 heavy (non-hydrogen) atoms. The molecule has 1 fully saturated rings. The number of nitrogens with zero attached hydrogens (tertiary/aromatic N) is 1. The molecular formula is C12H13F2NOS. The third-order valence-corrected chi connectivity index (χ3v) is 3.69. The number of benzene rings is 1. The van der Waals surface area contributed by atoms with Gasteiger partial charge in [0.25, 0.3) is 0 Å². The monoisotopic (exact) mass is 257 g/mol. The maximum atomic E-state index is 12.9. The molecular weight excluding hydrogens is 244 g/mol. The maximum absolute atomic E-state index is 12.9. The van der Waals surface area contributed by atoms with Crippen LogP contribution in [0.25, 0.3) is 0 Å². The lowest BCUT2D eigenvalue weighted by molar-refractivity contribution is -0.127. The van der Waals surface area contributed by atoms with Crippen LogP contribution in [0.5, 0.6) is 0 Å². The predicted octanol–water partition coefficient (Wildman–Crippen LogP) is 2.68. The van der Waals surface area contributed by atoms with Crippen LogP contribution in [0.4, 0.5) is 8.78 Å². The first-order chi connectivity index (χ1) is 8.16. The number of carbonyl (C=O) groups is 1. The van der Waals surface area contributed by atoms with Crippen LogP contribution in [0, 0.1) is 11.6 Å². The standard InChI is InChI=1S/C12H13F2NOS/c13-10-4-3-9(7-11(10)14)17-8-12(16)15-5-1-2-6-15/h3-4,7H,1-2,5-6,8H2. The molecule has 0 N–H and O–H groups in total. The third kappa shape index (κ3) is 3.19. The second-order valence-corrected chi connectivity index (χ2v) is 5.00. The second kappa shape index (κ2) is 5.49. The molecule has 1 heterocycles. The summed E-state index contributed by atoms with van der Waals surface area (Å²) in [5.41, 5.74) is 0. The van der Waals surface area contributed by atoms with E-state index in [2.05, 4.69) is 0 Å². The first-order valence-corrected chi connectivity index (χ1v) is 6.51. The Labute approximate surface area is 103 Å². The SMILES string of the molecule is O=C(CSc1ccc(F)c(F)c1)N1CCCC1. The molecule has 0 bridgehead atoms. The minimum Gasteiger partial charge on any atom is -0.342 e. The lowest BCUT2D eigenvalue weighted by Crippen LogP contribution is -2.29. The molecule has 1 aromatic carbocycles. The van der Waals surface area contributed by atoms with Gasteiger partial charge in [-0.2, -0.15) is 0 Å². The van der Waals surface area contributed by atoms with Crippen molar-refractivity contribution in [3.63, 3.8) is 0 Å². The molecule has 1 saturated heterocycles. The smallest absolute Gasteiger partial charge is 0.232 e. The van der Waals surface area contributed by atoms with E-state index >= 15 is 0 Å². The molecule has 5 heteroatoms. The highest BCUT2D eigenvalue weighted by molar-refractivity contribution is 8.00. The Hall–Kier alpha value is -1.10. The van der Waals surface area contributed by atoms with Crippen LogP contribution < -0.4 is 0 Å². The summed E-state index contributed by atoms with van der Waals surface area (Å²) in [6.45, 7) is 1.63. The van der Waals surface area contributed by atoms with Crippen molar-refractivity contribution in [3.05, 3.63) is 29.8 Å². The molecule has 0 radical (unpaired) electrons. The fraction of sp³-hybridized carbons (Fsp3) is 0.417. The van der Waals surface area contributed by atoms with Crippen molar-refractivity contribution in [2.24, 2.45) is 0 Å². The van der Waals surface area contributed by atoms with Gasteiger partial charge in [-0.25, -0.2) is 8.78 Å². The molecule has 2 nitrogen and oxygen atoms in total. The lowest BCUT2D eigenvalue weighted by atomic mass is 10.3. The fourth-order valence-corrected chi connectivity index (χ4v) is 2.59. The van der Waals surface area contributed by atoms with Crippen molar-refractivity contribution < 1.29 is 13.6 Å². The summed E-state index contributed by atoms with van der Waals surface area (Å²) in [5.74, 6) is -1.38. The van der Waals surface area contributed by atoms with E-state index in [9.17, 15) is 13.6 Å². The Kier molecular flexibility index (Phi) is 3.99. The molecule has 0 saturated carbocycles. The van der Waals surface area contributed by atoms with Crippen molar-refractivity contribution in [3.8, 4) is 0 Å². The lowest BCUT2D eigenvalue weighted by Gasteiger charge is -2.14. The van der Waals surface area contributed by atoms with Crippen molar-refractivity contribution in [1.29, 1.82) is 0 Å². The highest BCUT2D eigenvalue weighted by Crippen LogP contribution is 2.21. The number of thioether (sulfide) groups is 1. The topological polar surface area (TPSA) is 20.3 Å². The van der Waals surface area contributed by atoms with Crippen LogP contribution >= 0.6 is 11.8 Å². The van der Waals surface area contributed by atoms with Gasteiger partial charge in [-0.1, -0.05) is 0 Å². The van der Waals surface area contributed by atoms with Gasteiger partial charge in [0.15, 0.2) is 11.6 Å². The Morgan fingerprint density at radius 1 is 1.24 bits per heavy atom. The highest BCUT2D eigenvalue weighted by atomic mass is 32.2. The van der Waals surface area contributed by atoms with E-state index in [-0.39, 0.29) is 11.7 Å². The normalized spacial score (nSPS) is 15.3. The van der Waals surface area contributed by atoms with Crippen LogP contribution in [0.15, 0.2) is 23.1 Å². The van der Waals surface area contributed by atoms with Gasteiger partial charge in [0, 0.05) is 18.0 Å². The summed E-state index contributed by atoms with van der Waals surface area (Å²) in [7, 11) is 0. The Balaban J connectivity index is 1.88. The van der Waals surface area contributed by atoms with E-state index in [1.54, 1.807) is 0 Å². The molecule has 0 spiro atoms. The summed E-state index contributed by atoms with van der Waals surface area (Å²) in [5, 5.41) is 0. The summed E-state index contributed by atoms with van der Waals surface area (Å²) >= 11 is 1.24. The molecule has 0 aliphatic carbocycles. The molecule has 92 valence electrons. The quantitative estimate of drug-likeness (QED) is 0.776. The molecule has 1 amide bonds. The summed E-state index contributed by atoms with van der Waals surface area (Å²) < 4.78 is 25.6. The summed E-state index contributed by atoms with van der Waals surface area (Å²) in [6.07, 6.45) is 2.11. The average Bonchev–Trinajstić information content (AvgIpc) is 2.84. The third-order valence-electron chi connectivity index (χ3n) is 2.71. The summed E-state index contributed by atoms with van der Waals surface area (Å²) in [6, 6.07) is 3.69. The highest BCUT2D eigenvalue weighted by Gasteiger charge is 2.17. The van der Waals surface area contributed by atoms with E-state index in [4.69, 9.17) is 0 Å². The van der Waals surface area contributed by atoms with Gasteiger partial charge < -0.3 is 4.90 Å². The average molecular weight is 257 g/mol. The van der Waals surface area contributed by atoms with Gasteiger partial charge in [-0.15, -0.1) is 11.8 Å². The predicted molar refractivity (Wildman–Crippen MR) is 62.9 cm³/mol. The number of hydrogen-bond acceptors (Lipinski definition) is 2. The maximum Gasteiger partial charge on any atom is 0.232 e. The van der Waals surface area contributed by atoms with Gasteiger partial charge in [-0.05, 0) is 31.0 Å². The van der Waals surface area contributed by atoms with E-state index in [0.717, 1.165) is 38.1 Å². The Morgan fingerprint density at radius 3 is 2.59 bits per heavy atom. The van der Waals surface area contributed by atoms with E-state index in [1.165, 1.54) is 17.8 Å². The minimum atomic E-state index is -0.872. The minimum absolute atomic E-state index is 0.0669. The van der Waals surface area contributed by atoms with Gasteiger partial charge >= 0.3 is 0 Å². The molecule has 0 atom stereocenters. The fourth-order valence-electron chi connectivity index (χ4n) is 1.77. The zero-order chi connectivity index (χ0) is 12.3. The van der Waals surface area contributed by atoms with Gasteiger partial charge in [-0.3, -0.25) is 4.79 Å². The first kappa shape index (κ1) is 12.4. The molecule has 2 rings (SSSR count). The van der Waals surface area contributed by atoms with Gasteiger partial charge in [0.2, 0.25) is 5.91 Å². The Bertz CT molecular complexity index is 419. The number of amides is 1. The van der Waals surface area contributed by atoms with Crippen molar-refractivity contribution >= 4 is 17.7 Å². The molecule has 1 aromatic rings. The molecule has 0 aromatic heterocycles. The van der Waals surface area contributed by atoms with Crippen molar-refractivity contribution in [2.45, 2.75) is 17.7 Å².